The molecule has 0 heterocycles. The van der Waals surface area contributed by atoms with Crippen molar-refractivity contribution in [2.45, 2.75) is 38.8 Å². The summed E-state index contributed by atoms with van der Waals surface area (Å²) in [5.74, 6) is -0.614. The maximum Gasteiger partial charge on any atom is 0.407 e. The van der Waals surface area contributed by atoms with Gasteiger partial charge in [-0.2, -0.15) is 0 Å². The molecule has 0 fully saturated rings. The summed E-state index contributed by atoms with van der Waals surface area (Å²) in [5.41, 5.74) is -0.109. The van der Waals surface area contributed by atoms with Gasteiger partial charge in [-0.1, -0.05) is 12.1 Å². The maximum absolute atomic E-state index is 13.5. The average Bonchev–Trinajstić information content (AvgIpc) is 2.36. The lowest BCUT2D eigenvalue weighted by molar-refractivity contribution is 0.0483. The molecule has 114 valence electrons. The van der Waals surface area contributed by atoms with Crippen molar-refractivity contribution in [3.63, 3.8) is 0 Å². The second-order valence-corrected chi connectivity index (χ2v) is 5.63. The van der Waals surface area contributed by atoms with Gasteiger partial charge in [-0.05, 0) is 38.8 Å². The fourth-order valence-electron chi connectivity index (χ4n) is 1.69. The van der Waals surface area contributed by atoms with Crippen LogP contribution in [0.3, 0.4) is 0 Å². The Morgan fingerprint density at radius 1 is 1.52 bits per heavy atom. The highest BCUT2D eigenvalue weighted by atomic mass is 19.1. The second-order valence-electron chi connectivity index (χ2n) is 5.63. The molecule has 5 nitrogen and oxygen atoms in total. The Hall–Kier alpha value is -2.13. The minimum atomic E-state index is -0.639. The number of carbonyl (C=O) groups excluding carboxylic acids is 1. The zero-order valence-electron chi connectivity index (χ0n) is 12.3. The van der Waals surface area contributed by atoms with E-state index in [1.54, 1.807) is 26.8 Å². The lowest BCUT2D eigenvalue weighted by Gasteiger charge is -2.22. The van der Waals surface area contributed by atoms with E-state index in [2.05, 4.69) is 10.2 Å². The molecule has 1 rings (SSSR count). The first kappa shape index (κ1) is 16.9. The molecule has 0 radical (unpaired) electrons. The van der Waals surface area contributed by atoms with Gasteiger partial charge in [-0.3, -0.25) is 0 Å². The molecule has 0 spiro atoms. The first-order chi connectivity index (χ1) is 9.75. The van der Waals surface area contributed by atoms with Crippen molar-refractivity contribution in [1.29, 1.82) is 0 Å². The minimum absolute atomic E-state index is 0.0561. The van der Waals surface area contributed by atoms with Crippen LogP contribution in [0.1, 0.15) is 26.3 Å². The van der Waals surface area contributed by atoms with Crippen molar-refractivity contribution in [3.8, 4) is 0 Å². The van der Waals surface area contributed by atoms with Crippen molar-refractivity contribution in [2.75, 3.05) is 6.61 Å². The van der Waals surface area contributed by atoms with Crippen LogP contribution in [0.15, 0.2) is 18.2 Å². The van der Waals surface area contributed by atoms with Gasteiger partial charge in [0.05, 0.1) is 19.2 Å². The van der Waals surface area contributed by atoms with E-state index in [0.717, 1.165) is 0 Å². The molecule has 0 aliphatic carbocycles. The molecule has 2 N–H and O–H groups in total. The molecule has 1 atom stereocenters. The molecule has 0 aromatic heterocycles. The van der Waals surface area contributed by atoms with Crippen LogP contribution in [0.5, 0.6) is 0 Å². The highest BCUT2D eigenvalue weighted by Gasteiger charge is 2.19. The van der Waals surface area contributed by atoms with Crippen LogP contribution < -0.4 is 5.32 Å². The normalized spacial score (nSPS) is 12.4. The number of aliphatic hydroxyl groups is 1. The Balaban J connectivity index is 2.68. The van der Waals surface area contributed by atoms with Gasteiger partial charge in [0.2, 0.25) is 5.69 Å². The molecule has 0 unspecified atom stereocenters. The molecular weight excluding hydrogens is 275 g/mol. The summed E-state index contributed by atoms with van der Waals surface area (Å²) in [6.45, 7) is 11.7. The summed E-state index contributed by atoms with van der Waals surface area (Å²) in [6, 6.07) is 3.61. The number of benzene rings is 1. The third-order valence-electron chi connectivity index (χ3n) is 2.56. The Kier molecular flexibility index (Phi) is 5.68. The minimum Gasteiger partial charge on any atom is -0.444 e. The number of alkyl carbamates (subject to hydrolysis) is 1. The summed E-state index contributed by atoms with van der Waals surface area (Å²) < 4.78 is 18.6. The summed E-state index contributed by atoms with van der Waals surface area (Å²) in [6.07, 6.45) is -0.398. The van der Waals surface area contributed by atoms with Gasteiger partial charge in [0.25, 0.3) is 0 Å². The van der Waals surface area contributed by atoms with E-state index in [4.69, 9.17) is 11.3 Å². The Labute approximate surface area is 123 Å². The van der Waals surface area contributed by atoms with Gasteiger partial charge in [0, 0.05) is 0 Å². The number of hydrogen-bond acceptors (Lipinski definition) is 3. The predicted octanol–water partition coefficient (Wildman–Crippen LogP) is 2.80. The van der Waals surface area contributed by atoms with Crippen molar-refractivity contribution in [2.24, 2.45) is 0 Å². The molecule has 1 aromatic rings. The Bertz CT molecular complexity index is 547. The monoisotopic (exact) mass is 294 g/mol. The molecule has 0 saturated carbocycles. The van der Waals surface area contributed by atoms with Gasteiger partial charge in [0.15, 0.2) is 0 Å². The number of nitrogens with zero attached hydrogens (tertiary/aromatic N) is 1. The van der Waals surface area contributed by atoms with E-state index in [9.17, 15) is 14.3 Å². The Morgan fingerprint density at radius 2 is 2.19 bits per heavy atom. The molecule has 21 heavy (non-hydrogen) atoms. The highest BCUT2D eigenvalue weighted by Crippen LogP contribution is 2.19. The summed E-state index contributed by atoms with van der Waals surface area (Å²) in [5, 5.41) is 11.8. The zero-order chi connectivity index (χ0) is 16.0. The van der Waals surface area contributed by atoms with Crippen molar-refractivity contribution in [3.05, 3.63) is 41.0 Å². The number of nitrogens with one attached hydrogen (secondary N) is 1. The van der Waals surface area contributed by atoms with Crippen LogP contribution in [0.2, 0.25) is 0 Å². The van der Waals surface area contributed by atoms with E-state index in [1.165, 1.54) is 12.1 Å². The van der Waals surface area contributed by atoms with Gasteiger partial charge in [-0.15, -0.1) is 0 Å². The summed E-state index contributed by atoms with van der Waals surface area (Å²) in [7, 11) is 0. The fraction of sp³-hybridized carbons (Fsp3) is 0.467. The van der Waals surface area contributed by atoms with Gasteiger partial charge in [0.1, 0.15) is 11.4 Å². The number of amides is 1. The maximum atomic E-state index is 13.5. The first-order valence-corrected chi connectivity index (χ1v) is 6.51. The Morgan fingerprint density at radius 3 is 2.67 bits per heavy atom. The molecule has 1 amide bonds. The molecule has 0 saturated heterocycles. The number of hydrogen-bond donors (Lipinski definition) is 2. The molecule has 0 aliphatic rings. The first-order valence-electron chi connectivity index (χ1n) is 6.51. The van der Waals surface area contributed by atoms with Crippen molar-refractivity contribution >= 4 is 11.8 Å². The van der Waals surface area contributed by atoms with Gasteiger partial charge < -0.3 is 15.2 Å². The van der Waals surface area contributed by atoms with Crippen LogP contribution in [-0.2, 0) is 11.2 Å². The van der Waals surface area contributed by atoms with Crippen LogP contribution in [0.25, 0.3) is 4.85 Å². The van der Waals surface area contributed by atoms with Crippen LogP contribution >= 0.6 is 0 Å². The smallest absolute Gasteiger partial charge is 0.407 e. The third kappa shape index (κ3) is 5.79. The lowest BCUT2D eigenvalue weighted by Crippen LogP contribution is -2.42. The molecule has 1 aromatic carbocycles. The SMILES string of the molecule is [C-]#[N+]c1ccc(C[C@@H](CO)NC(=O)OC(C)(C)C)cc1F. The average molecular weight is 294 g/mol. The lowest BCUT2D eigenvalue weighted by atomic mass is 10.1. The predicted molar refractivity (Wildman–Crippen MR) is 76.6 cm³/mol. The second kappa shape index (κ2) is 7.04. The standard InChI is InChI=1S/C15H19FN2O3/c1-15(2,3)21-14(20)18-11(9-19)7-10-5-6-13(17-4)12(16)8-10/h5-6,8,11,19H,7,9H2,1-3H3,(H,18,20)/t11-/m0/s1. The quantitative estimate of drug-likeness (QED) is 0.839. The van der Waals surface area contributed by atoms with Gasteiger partial charge >= 0.3 is 6.09 Å². The van der Waals surface area contributed by atoms with Crippen LogP contribution in [-0.4, -0.2) is 29.4 Å². The number of halogens is 1. The van der Waals surface area contributed by atoms with E-state index in [0.29, 0.717) is 5.56 Å². The number of aliphatic hydroxyl groups excluding tert-OH is 1. The highest BCUT2D eigenvalue weighted by molar-refractivity contribution is 5.68. The molecule has 6 heteroatoms. The van der Waals surface area contributed by atoms with E-state index >= 15 is 0 Å². The fourth-order valence-corrected chi connectivity index (χ4v) is 1.69. The topological polar surface area (TPSA) is 62.9 Å². The third-order valence-corrected chi connectivity index (χ3v) is 2.56. The molecule has 0 aliphatic heterocycles. The number of rotatable bonds is 4. The summed E-state index contributed by atoms with van der Waals surface area (Å²) in [4.78, 5) is 14.7. The molecule has 0 bridgehead atoms. The van der Waals surface area contributed by atoms with Gasteiger partial charge in [-0.25, -0.2) is 14.0 Å². The zero-order valence-corrected chi connectivity index (χ0v) is 12.3. The van der Waals surface area contributed by atoms with Crippen LogP contribution in [0.4, 0.5) is 14.9 Å². The van der Waals surface area contributed by atoms with E-state index in [1.807, 2.05) is 0 Å². The largest absolute Gasteiger partial charge is 0.444 e. The number of ether oxygens (including phenoxy) is 1. The van der Waals surface area contributed by atoms with Crippen LogP contribution in [0, 0.1) is 12.4 Å². The van der Waals surface area contributed by atoms with Crippen molar-refractivity contribution < 1.29 is 19.0 Å². The summed E-state index contributed by atoms with van der Waals surface area (Å²) >= 11 is 0. The molecular formula is C15H19FN2O3. The number of carbonyl (C=O) groups is 1. The van der Waals surface area contributed by atoms with E-state index < -0.39 is 23.6 Å². The van der Waals surface area contributed by atoms with Crippen molar-refractivity contribution in [1.82, 2.24) is 5.32 Å². The van der Waals surface area contributed by atoms with E-state index in [-0.39, 0.29) is 18.7 Å².